The third kappa shape index (κ3) is 7.28. The van der Waals surface area contributed by atoms with Crippen LogP contribution >= 0.6 is 0 Å². The summed E-state index contributed by atoms with van der Waals surface area (Å²) >= 11 is 0. The van der Waals surface area contributed by atoms with E-state index in [-0.39, 0.29) is 17.7 Å². The third-order valence-corrected chi connectivity index (χ3v) is 4.47. The lowest BCUT2D eigenvalue weighted by Crippen LogP contribution is -2.33. The second-order valence-corrected chi connectivity index (χ2v) is 6.46. The van der Waals surface area contributed by atoms with Crippen molar-refractivity contribution in [2.75, 3.05) is 19.6 Å². The van der Waals surface area contributed by atoms with E-state index in [1.807, 2.05) is 11.8 Å². The molecule has 0 aromatic carbocycles. The van der Waals surface area contributed by atoms with Crippen LogP contribution in [0.4, 0.5) is 0 Å². The number of carbonyl (C=O) groups is 2. The van der Waals surface area contributed by atoms with Gasteiger partial charge in [0, 0.05) is 26.1 Å². The lowest BCUT2D eigenvalue weighted by molar-refractivity contribution is -0.129. The van der Waals surface area contributed by atoms with Crippen LogP contribution < -0.4 is 5.32 Å². The van der Waals surface area contributed by atoms with E-state index in [2.05, 4.69) is 12.2 Å². The molecule has 4 heteroatoms. The Labute approximate surface area is 136 Å². The van der Waals surface area contributed by atoms with Gasteiger partial charge in [-0.15, -0.1) is 0 Å². The minimum atomic E-state index is -0.133. The largest absolute Gasteiger partial charge is 0.356 e. The fraction of sp³-hybridized carbons (Fsp3) is 0.889. The van der Waals surface area contributed by atoms with Crippen molar-refractivity contribution in [3.8, 4) is 0 Å². The van der Waals surface area contributed by atoms with E-state index in [1.165, 1.54) is 51.4 Å². The molecule has 128 valence electrons. The third-order valence-electron chi connectivity index (χ3n) is 4.47. The van der Waals surface area contributed by atoms with Crippen LogP contribution in [0.1, 0.15) is 78.1 Å². The number of hydrogen-bond donors (Lipinski definition) is 1. The molecule has 2 amide bonds. The summed E-state index contributed by atoms with van der Waals surface area (Å²) in [6, 6.07) is 0. The Morgan fingerprint density at radius 1 is 1.05 bits per heavy atom. The summed E-state index contributed by atoms with van der Waals surface area (Å²) in [6.07, 6.45) is 12.0. The normalized spacial score (nSPS) is 18.0. The van der Waals surface area contributed by atoms with E-state index < -0.39 is 0 Å². The van der Waals surface area contributed by atoms with E-state index in [4.69, 9.17) is 0 Å². The number of nitrogens with one attached hydrogen (secondary N) is 1. The predicted octanol–water partition coefficient (Wildman–Crippen LogP) is 3.50. The first-order valence-corrected chi connectivity index (χ1v) is 9.24. The van der Waals surface area contributed by atoms with Crippen molar-refractivity contribution in [1.29, 1.82) is 0 Å². The van der Waals surface area contributed by atoms with Gasteiger partial charge in [0.05, 0.1) is 5.92 Å². The van der Waals surface area contributed by atoms with Crippen LogP contribution in [-0.4, -0.2) is 36.3 Å². The molecule has 1 aliphatic heterocycles. The average molecular weight is 310 g/mol. The second-order valence-electron chi connectivity index (χ2n) is 6.46. The number of amides is 2. The molecule has 0 aromatic heterocycles. The van der Waals surface area contributed by atoms with Crippen molar-refractivity contribution >= 4 is 11.8 Å². The van der Waals surface area contributed by atoms with Gasteiger partial charge >= 0.3 is 0 Å². The molecule has 0 bridgehead atoms. The van der Waals surface area contributed by atoms with E-state index in [1.54, 1.807) is 0 Å². The summed E-state index contributed by atoms with van der Waals surface area (Å²) < 4.78 is 0. The lowest BCUT2D eigenvalue weighted by atomic mass is 10.1. The molecule has 1 atom stereocenters. The maximum Gasteiger partial charge on any atom is 0.225 e. The summed E-state index contributed by atoms with van der Waals surface area (Å²) in [5.74, 6) is 0.0484. The molecule has 0 spiro atoms. The summed E-state index contributed by atoms with van der Waals surface area (Å²) in [4.78, 5) is 25.6. The zero-order valence-corrected chi connectivity index (χ0v) is 14.5. The number of hydrogen-bond acceptors (Lipinski definition) is 2. The van der Waals surface area contributed by atoms with Crippen LogP contribution in [0.25, 0.3) is 0 Å². The highest BCUT2D eigenvalue weighted by Crippen LogP contribution is 2.19. The second kappa shape index (κ2) is 11.5. The maximum atomic E-state index is 11.9. The fourth-order valence-electron chi connectivity index (χ4n) is 3.10. The molecule has 22 heavy (non-hydrogen) atoms. The highest BCUT2D eigenvalue weighted by molar-refractivity contribution is 5.89. The number of carbonyl (C=O) groups excluding carboxylic acids is 2. The Bertz CT molecular complexity index is 331. The molecule has 0 aliphatic carbocycles. The fourth-order valence-corrected chi connectivity index (χ4v) is 3.10. The Morgan fingerprint density at radius 3 is 2.23 bits per heavy atom. The monoisotopic (exact) mass is 310 g/mol. The molecule has 0 saturated carbocycles. The number of unbranched alkanes of at least 4 members (excludes halogenated alkanes) is 8. The van der Waals surface area contributed by atoms with Crippen LogP contribution in [0.5, 0.6) is 0 Å². The molecule has 1 rings (SSSR count). The van der Waals surface area contributed by atoms with Gasteiger partial charge in [0.25, 0.3) is 0 Å². The van der Waals surface area contributed by atoms with Crippen LogP contribution in [0.3, 0.4) is 0 Å². The van der Waals surface area contributed by atoms with Gasteiger partial charge in [-0.2, -0.15) is 0 Å². The van der Waals surface area contributed by atoms with E-state index in [0.717, 1.165) is 13.0 Å². The molecule has 1 unspecified atom stereocenters. The smallest absolute Gasteiger partial charge is 0.225 e. The zero-order chi connectivity index (χ0) is 16.2. The first-order chi connectivity index (χ1) is 10.7. The number of rotatable bonds is 12. The Kier molecular flexibility index (Phi) is 9.93. The first-order valence-electron chi connectivity index (χ1n) is 9.24. The van der Waals surface area contributed by atoms with Gasteiger partial charge in [-0.3, -0.25) is 9.59 Å². The topological polar surface area (TPSA) is 49.4 Å². The summed E-state index contributed by atoms with van der Waals surface area (Å²) in [6.45, 7) is 6.23. The van der Waals surface area contributed by atoms with Crippen molar-refractivity contribution in [1.82, 2.24) is 10.2 Å². The molecule has 1 heterocycles. The summed E-state index contributed by atoms with van der Waals surface area (Å²) in [5.41, 5.74) is 0. The molecule has 1 aliphatic rings. The average Bonchev–Trinajstić information content (AvgIpc) is 2.87. The Hall–Kier alpha value is -1.06. The SMILES string of the molecule is CCCCCCCCCCCN1CC(C(=O)NCC)CC1=O. The van der Waals surface area contributed by atoms with E-state index in [9.17, 15) is 9.59 Å². The molecule has 1 saturated heterocycles. The molecule has 4 nitrogen and oxygen atoms in total. The van der Waals surface area contributed by atoms with Crippen molar-refractivity contribution in [2.24, 2.45) is 5.92 Å². The minimum Gasteiger partial charge on any atom is -0.356 e. The first kappa shape index (κ1) is 19.0. The quantitative estimate of drug-likeness (QED) is 0.561. The van der Waals surface area contributed by atoms with E-state index >= 15 is 0 Å². The van der Waals surface area contributed by atoms with Crippen molar-refractivity contribution in [3.05, 3.63) is 0 Å². The Morgan fingerprint density at radius 2 is 1.64 bits per heavy atom. The van der Waals surface area contributed by atoms with Crippen molar-refractivity contribution < 1.29 is 9.59 Å². The number of likely N-dealkylation sites (tertiary alicyclic amines) is 1. The maximum absolute atomic E-state index is 11.9. The molecular weight excluding hydrogens is 276 g/mol. The predicted molar refractivity (Wildman–Crippen MR) is 90.6 cm³/mol. The number of nitrogens with zero attached hydrogens (tertiary/aromatic N) is 1. The standard InChI is InChI=1S/C18H34N2O2/c1-3-5-6-7-8-9-10-11-12-13-20-15-16(14-17(20)21)18(22)19-4-2/h16H,3-15H2,1-2H3,(H,19,22). The molecule has 0 radical (unpaired) electrons. The Balaban J connectivity index is 2.03. The van der Waals surface area contributed by atoms with Gasteiger partial charge in [0.1, 0.15) is 0 Å². The van der Waals surface area contributed by atoms with Gasteiger partial charge in [-0.05, 0) is 13.3 Å². The summed E-state index contributed by atoms with van der Waals surface area (Å²) in [5, 5.41) is 2.82. The molecule has 0 aromatic rings. The van der Waals surface area contributed by atoms with Gasteiger partial charge in [0.2, 0.25) is 11.8 Å². The van der Waals surface area contributed by atoms with Crippen LogP contribution in [0.15, 0.2) is 0 Å². The minimum absolute atomic E-state index is 0.0328. The van der Waals surface area contributed by atoms with Crippen LogP contribution in [0.2, 0.25) is 0 Å². The van der Waals surface area contributed by atoms with Crippen LogP contribution in [-0.2, 0) is 9.59 Å². The molecular formula is C18H34N2O2. The van der Waals surface area contributed by atoms with Crippen LogP contribution in [0, 0.1) is 5.92 Å². The highest BCUT2D eigenvalue weighted by Gasteiger charge is 2.33. The van der Waals surface area contributed by atoms with E-state index in [0.29, 0.717) is 19.5 Å². The van der Waals surface area contributed by atoms with Gasteiger partial charge in [-0.1, -0.05) is 58.3 Å². The van der Waals surface area contributed by atoms with Crippen molar-refractivity contribution in [2.45, 2.75) is 78.1 Å². The van der Waals surface area contributed by atoms with Crippen molar-refractivity contribution in [3.63, 3.8) is 0 Å². The zero-order valence-electron chi connectivity index (χ0n) is 14.5. The van der Waals surface area contributed by atoms with Gasteiger partial charge in [0.15, 0.2) is 0 Å². The highest BCUT2D eigenvalue weighted by atomic mass is 16.2. The lowest BCUT2D eigenvalue weighted by Gasteiger charge is -2.16. The summed E-state index contributed by atoms with van der Waals surface area (Å²) in [7, 11) is 0. The van der Waals surface area contributed by atoms with Gasteiger partial charge in [-0.25, -0.2) is 0 Å². The van der Waals surface area contributed by atoms with Gasteiger partial charge < -0.3 is 10.2 Å². The molecule has 1 N–H and O–H groups in total. The molecule has 1 fully saturated rings.